The van der Waals surface area contributed by atoms with Crippen molar-refractivity contribution in [1.29, 1.82) is 0 Å². The van der Waals surface area contributed by atoms with Gasteiger partial charge in [-0.2, -0.15) is 0 Å². The lowest BCUT2D eigenvalue weighted by atomic mass is 10.3. The maximum Gasteiger partial charge on any atom is 0.160 e. The van der Waals surface area contributed by atoms with E-state index < -0.39 is 5.82 Å². The number of nitrogens with two attached hydrogens (primary N) is 1. The molecule has 0 aliphatic rings. The van der Waals surface area contributed by atoms with Gasteiger partial charge >= 0.3 is 0 Å². The van der Waals surface area contributed by atoms with Gasteiger partial charge in [0.25, 0.3) is 0 Å². The van der Waals surface area contributed by atoms with Crippen LogP contribution in [-0.4, -0.2) is 4.98 Å². The quantitative estimate of drug-likeness (QED) is 0.683. The maximum absolute atomic E-state index is 12.5. The summed E-state index contributed by atoms with van der Waals surface area (Å²) in [6.45, 7) is 5.62. The van der Waals surface area contributed by atoms with Gasteiger partial charge in [0.15, 0.2) is 5.82 Å². The van der Waals surface area contributed by atoms with Gasteiger partial charge in [-0.1, -0.05) is 25.4 Å². The molecule has 0 aliphatic heterocycles. The maximum atomic E-state index is 12.5. The molecule has 2 N–H and O–H groups in total. The van der Waals surface area contributed by atoms with E-state index in [9.17, 15) is 4.39 Å². The molecule has 4 heteroatoms. The first kappa shape index (κ1) is 11.2. The Balaban J connectivity index is 0.000000561. The minimum Gasteiger partial charge on any atom is -0.383 e. The number of halogens is 2. The smallest absolute Gasteiger partial charge is 0.160 e. The summed E-state index contributed by atoms with van der Waals surface area (Å²) in [6, 6.07) is 0. The number of rotatable bonds is 0. The summed E-state index contributed by atoms with van der Waals surface area (Å²) in [4.78, 5) is 3.56. The standard InChI is InChI=1S/C6H6ClFN2.C2H6/c1-3-5(7)4(8)2-10-6(3)9;1-2/h2H,1H3,(H2,9,10);1-2H3. The highest BCUT2D eigenvalue weighted by Crippen LogP contribution is 2.21. The van der Waals surface area contributed by atoms with E-state index in [4.69, 9.17) is 17.3 Å². The highest BCUT2D eigenvalue weighted by molar-refractivity contribution is 6.31. The van der Waals surface area contributed by atoms with Crippen molar-refractivity contribution in [1.82, 2.24) is 4.98 Å². The monoisotopic (exact) mass is 190 g/mol. The van der Waals surface area contributed by atoms with Crippen LogP contribution in [0.25, 0.3) is 0 Å². The van der Waals surface area contributed by atoms with Crippen LogP contribution in [0.15, 0.2) is 6.20 Å². The zero-order valence-electron chi connectivity index (χ0n) is 7.36. The molecule has 12 heavy (non-hydrogen) atoms. The Morgan fingerprint density at radius 2 is 2.00 bits per heavy atom. The van der Waals surface area contributed by atoms with Crippen molar-refractivity contribution in [2.45, 2.75) is 20.8 Å². The largest absolute Gasteiger partial charge is 0.383 e. The summed E-state index contributed by atoms with van der Waals surface area (Å²) >= 11 is 5.49. The Labute approximate surface area is 76.6 Å². The minimum absolute atomic E-state index is 0.0486. The van der Waals surface area contributed by atoms with Crippen molar-refractivity contribution in [3.05, 3.63) is 22.6 Å². The van der Waals surface area contributed by atoms with Crippen LogP contribution in [0, 0.1) is 12.7 Å². The van der Waals surface area contributed by atoms with Crippen molar-refractivity contribution in [2.75, 3.05) is 5.73 Å². The molecule has 0 amide bonds. The van der Waals surface area contributed by atoms with Crippen LogP contribution in [0.4, 0.5) is 10.2 Å². The van der Waals surface area contributed by atoms with E-state index in [1.165, 1.54) is 0 Å². The lowest BCUT2D eigenvalue weighted by Crippen LogP contribution is -1.95. The molecule has 1 aromatic rings. The van der Waals surface area contributed by atoms with Crippen LogP contribution in [0.5, 0.6) is 0 Å². The van der Waals surface area contributed by atoms with Gasteiger partial charge in [-0.05, 0) is 6.92 Å². The fourth-order valence-corrected chi connectivity index (χ4v) is 0.717. The van der Waals surface area contributed by atoms with Crippen molar-refractivity contribution in [3.8, 4) is 0 Å². The van der Waals surface area contributed by atoms with E-state index in [1.54, 1.807) is 6.92 Å². The third kappa shape index (κ3) is 2.34. The van der Waals surface area contributed by atoms with Gasteiger partial charge in [-0.15, -0.1) is 0 Å². The molecule has 0 bridgehead atoms. The first-order chi connectivity index (χ1) is 5.63. The molecule has 2 nitrogen and oxygen atoms in total. The summed E-state index contributed by atoms with van der Waals surface area (Å²) in [5.74, 6) is -0.264. The molecule has 0 radical (unpaired) electrons. The molecular formula is C8H12ClFN2. The van der Waals surface area contributed by atoms with Gasteiger partial charge in [0.2, 0.25) is 0 Å². The van der Waals surface area contributed by atoms with Crippen LogP contribution in [-0.2, 0) is 0 Å². The number of anilines is 1. The second-order valence-corrected chi connectivity index (χ2v) is 2.31. The summed E-state index contributed by atoms with van der Waals surface area (Å²) in [7, 11) is 0. The number of pyridine rings is 1. The van der Waals surface area contributed by atoms with Gasteiger partial charge in [0, 0.05) is 5.56 Å². The first-order valence-corrected chi connectivity index (χ1v) is 4.07. The summed E-state index contributed by atoms with van der Waals surface area (Å²) < 4.78 is 12.5. The zero-order chi connectivity index (χ0) is 9.72. The fourth-order valence-electron chi connectivity index (χ4n) is 0.571. The Hall–Kier alpha value is -0.830. The minimum atomic E-state index is -0.534. The fraction of sp³-hybridized carbons (Fsp3) is 0.375. The molecule has 1 heterocycles. The van der Waals surface area contributed by atoms with Crippen molar-refractivity contribution in [3.63, 3.8) is 0 Å². The van der Waals surface area contributed by atoms with Gasteiger partial charge in [0.05, 0.1) is 11.2 Å². The average Bonchev–Trinajstić information content (AvgIpc) is 2.12. The Morgan fingerprint density at radius 1 is 1.50 bits per heavy atom. The Bertz CT molecular complexity index is 236. The summed E-state index contributed by atoms with van der Waals surface area (Å²) in [5, 5.41) is 0.0486. The molecule has 0 saturated heterocycles. The van der Waals surface area contributed by atoms with E-state index in [0.717, 1.165) is 6.20 Å². The number of hydrogen-bond acceptors (Lipinski definition) is 2. The molecule has 0 saturated carbocycles. The predicted octanol–water partition coefficient (Wildman–Crippen LogP) is 2.79. The van der Waals surface area contributed by atoms with E-state index in [-0.39, 0.29) is 10.8 Å². The normalized spacial score (nSPS) is 8.75. The van der Waals surface area contributed by atoms with E-state index in [2.05, 4.69) is 4.98 Å². The van der Waals surface area contributed by atoms with Gasteiger partial charge < -0.3 is 5.73 Å². The molecule has 68 valence electrons. The van der Waals surface area contributed by atoms with E-state index in [1.807, 2.05) is 13.8 Å². The second kappa shape index (κ2) is 4.93. The van der Waals surface area contributed by atoms with Crippen LogP contribution < -0.4 is 5.73 Å². The highest BCUT2D eigenvalue weighted by atomic mass is 35.5. The molecular weight excluding hydrogens is 179 g/mol. The number of aromatic nitrogens is 1. The Morgan fingerprint density at radius 3 is 2.42 bits per heavy atom. The molecule has 0 fully saturated rings. The third-order valence-electron chi connectivity index (χ3n) is 1.24. The van der Waals surface area contributed by atoms with Crippen LogP contribution in [0.1, 0.15) is 19.4 Å². The molecule has 1 rings (SSSR count). The van der Waals surface area contributed by atoms with Gasteiger partial charge in [-0.3, -0.25) is 0 Å². The van der Waals surface area contributed by atoms with Gasteiger partial charge in [-0.25, -0.2) is 9.37 Å². The summed E-state index contributed by atoms with van der Waals surface area (Å²) in [5.41, 5.74) is 5.81. The number of nitrogen functional groups attached to an aromatic ring is 1. The highest BCUT2D eigenvalue weighted by Gasteiger charge is 2.05. The molecule has 0 aromatic carbocycles. The summed E-state index contributed by atoms with van der Waals surface area (Å²) in [6.07, 6.45) is 1.00. The first-order valence-electron chi connectivity index (χ1n) is 3.69. The third-order valence-corrected chi connectivity index (χ3v) is 1.70. The van der Waals surface area contributed by atoms with Crippen molar-refractivity contribution < 1.29 is 4.39 Å². The number of nitrogens with zero attached hydrogens (tertiary/aromatic N) is 1. The lowest BCUT2D eigenvalue weighted by molar-refractivity contribution is 0.621. The molecule has 1 aromatic heterocycles. The average molecular weight is 191 g/mol. The van der Waals surface area contributed by atoms with Crippen LogP contribution in [0.3, 0.4) is 0 Å². The Kier molecular flexibility index (Phi) is 4.59. The van der Waals surface area contributed by atoms with E-state index in [0.29, 0.717) is 5.56 Å². The molecule has 0 aliphatic carbocycles. The van der Waals surface area contributed by atoms with Crippen molar-refractivity contribution in [2.24, 2.45) is 0 Å². The molecule has 0 spiro atoms. The SMILES string of the molecule is CC.Cc1c(N)ncc(F)c1Cl. The topological polar surface area (TPSA) is 38.9 Å². The van der Waals surface area contributed by atoms with Gasteiger partial charge in [0.1, 0.15) is 5.82 Å². The lowest BCUT2D eigenvalue weighted by Gasteiger charge is -2.00. The second-order valence-electron chi connectivity index (χ2n) is 1.93. The molecule has 0 atom stereocenters. The van der Waals surface area contributed by atoms with Crippen LogP contribution in [0.2, 0.25) is 5.02 Å². The van der Waals surface area contributed by atoms with Crippen LogP contribution >= 0.6 is 11.6 Å². The van der Waals surface area contributed by atoms with Crippen molar-refractivity contribution >= 4 is 17.4 Å². The molecule has 0 unspecified atom stereocenters. The van der Waals surface area contributed by atoms with E-state index >= 15 is 0 Å². The predicted molar refractivity (Wildman–Crippen MR) is 49.7 cm³/mol. The number of hydrogen-bond donors (Lipinski definition) is 1. The zero-order valence-corrected chi connectivity index (χ0v) is 8.11.